The Bertz CT molecular complexity index is 603. The highest BCUT2D eigenvalue weighted by molar-refractivity contribution is 7.17. The number of anilines is 1. The summed E-state index contributed by atoms with van der Waals surface area (Å²) in [5, 5.41) is 5.57. The van der Waals surface area contributed by atoms with Gasteiger partial charge in [-0.25, -0.2) is 0 Å². The summed E-state index contributed by atoms with van der Waals surface area (Å²) in [6.07, 6.45) is 6.43. The Morgan fingerprint density at radius 1 is 1.56 bits per heavy atom. The zero-order valence-electron chi connectivity index (χ0n) is 10.2. The fourth-order valence-electron chi connectivity index (χ4n) is 1.82. The van der Waals surface area contributed by atoms with E-state index in [1.165, 1.54) is 16.2 Å². The first-order chi connectivity index (χ1) is 8.67. The predicted octanol–water partition coefficient (Wildman–Crippen LogP) is 3.91. The number of thiophene rings is 2. The Labute approximate surface area is 115 Å². The maximum atomic E-state index is 12.0. The highest BCUT2D eigenvalue weighted by Gasteiger charge is 2.16. The number of aryl methyl sites for hydroxylation is 1. The van der Waals surface area contributed by atoms with Crippen LogP contribution < -0.4 is 5.32 Å². The molecule has 0 spiro atoms. The van der Waals surface area contributed by atoms with Crippen LogP contribution in [-0.4, -0.2) is 5.91 Å². The van der Waals surface area contributed by atoms with Crippen LogP contribution in [0, 0.1) is 19.3 Å². The van der Waals surface area contributed by atoms with Crippen LogP contribution in [0.15, 0.2) is 17.5 Å². The fourth-order valence-corrected chi connectivity index (χ4v) is 3.54. The molecular formula is C14H13NOS2. The van der Waals surface area contributed by atoms with E-state index in [1.54, 1.807) is 17.4 Å². The third-order valence-corrected chi connectivity index (χ3v) is 4.61. The molecule has 92 valence electrons. The van der Waals surface area contributed by atoms with E-state index in [9.17, 15) is 4.79 Å². The Kier molecular flexibility index (Phi) is 3.85. The molecule has 2 heterocycles. The third kappa shape index (κ3) is 2.33. The number of rotatable bonds is 3. The van der Waals surface area contributed by atoms with Gasteiger partial charge in [-0.15, -0.1) is 29.1 Å². The Morgan fingerprint density at radius 2 is 2.33 bits per heavy atom. The number of amides is 1. The van der Waals surface area contributed by atoms with Crippen molar-refractivity contribution in [2.45, 2.75) is 20.3 Å². The van der Waals surface area contributed by atoms with Gasteiger partial charge in [0.1, 0.15) is 5.00 Å². The molecule has 0 bridgehead atoms. The van der Waals surface area contributed by atoms with Gasteiger partial charge in [-0.1, -0.05) is 18.9 Å². The second-order valence-electron chi connectivity index (χ2n) is 3.77. The SMILES string of the molecule is C#Cc1c(NC(=O)c2cccs2)sc(C)c1CC. The Balaban J connectivity index is 2.30. The average Bonchev–Trinajstić information content (AvgIpc) is 2.96. The number of hydrogen-bond acceptors (Lipinski definition) is 3. The number of carbonyl (C=O) groups excluding carboxylic acids is 1. The fraction of sp³-hybridized carbons (Fsp3) is 0.214. The van der Waals surface area contributed by atoms with Crippen LogP contribution in [0.4, 0.5) is 5.00 Å². The summed E-state index contributed by atoms with van der Waals surface area (Å²) in [5.74, 6) is 2.59. The first kappa shape index (κ1) is 12.9. The summed E-state index contributed by atoms with van der Waals surface area (Å²) in [6.45, 7) is 4.10. The van der Waals surface area contributed by atoms with Crippen LogP contribution in [0.5, 0.6) is 0 Å². The lowest BCUT2D eigenvalue weighted by Gasteiger charge is -2.02. The van der Waals surface area contributed by atoms with E-state index in [1.807, 2.05) is 18.4 Å². The number of nitrogens with one attached hydrogen (secondary N) is 1. The molecule has 2 nitrogen and oxygen atoms in total. The molecule has 0 radical (unpaired) electrons. The zero-order chi connectivity index (χ0) is 13.1. The van der Waals surface area contributed by atoms with Gasteiger partial charge in [-0.2, -0.15) is 0 Å². The highest BCUT2D eigenvalue weighted by atomic mass is 32.1. The molecule has 0 saturated carbocycles. The zero-order valence-corrected chi connectivity index (χ0v) is 11.9. The third-order valence-electron chi connectivity index (χ3n) is 2.68. The van der Waals surface area contributed by atoms with Crippen molar-refractivity contribution >= 4 is 33.6 Å². The topological polar surface area (TPSA) is 29.1 Å². The van der Waals surface area contributed by atoms with Gasteiger partial charge in [0.05, 0.1) is 10.4 Å². The van der Waals surface area contributed by atoms with Crippen LogP contribution >= 0.6 is 22.7 Å². The average molecular weight is 275 g/mol. The molecule has 2 rings (SSSR count). The molecule has 4 heteroatoms. The van der Waals surface area contributed by atoms with Crippen LogP contribution in [0.3, 0.4) is 0 Å². The van der Waals surface area contributed by atoms with Gasteiger partial charge in [0.2, 0.25) is 0 Å². The minimum absolute atomic E-state index is 0.0922. The predicted molar refractivity (Wildman–Crippen MR) is 78.6 cm³/mol. The second kappa shape index (κ2) is 5.38. The van der Waals surface area contributed by atoms with Crippen LogP contribution in [0.1, 0.15) is 32.6 Å². The van der Waals surface area contributed by atoms with Gasteiger partial charge in [0, 0.05) is 4.88 Å². The molecule has 0 aliphatic heterocycles. The Morgan fingerprint density at radius 3 is 2.89 bits per heavy atom. The van der Waals surface area contributed by atoms with Gasteiger partial charge < -0.3 is 5.32 Å². The van der Waals surface area contributed by atoms with E-state index in [2.05, 4.69) is 18.2 Å². The van der Waals surface area contributed by atoms with E-state index < -0.39 is 0 Å². The van der Waals surface area contributed by atoms with Crippen LogP contribution in [0.25, 0.3) is 0 Å². The van der Waals surface area contributed by atoms with E-state index in [0.29, 0.717) is 4.88 Å². The highest BCUT2D eigenvalue weighted by Crippen LogP contribution is 2.33. The number of carbonyl (C=O) groups is 1. The first-order valence-electron chi connectivity index (χ1n) is 5.61. The number of terminal acetylenes is 1. The molecular weight excluding hydrogens is 262 g/mol. The molecule has 2 aromatic rings. The minimum atomic E-state index is -0.0922. The lowest BCUT2D eigenvalue weighted by atomic mass is 10.1. The summed E-state index contributed by atoms with van der Waals surface area (Å²) in [5.41, 5.74) is 1.98. The van der Waals surface area contributed by atoms with E-state index in [4.69, 9.17) is 6.42 Å². The van der Waals surface area contributed by atoms with Gasteiger partial charge in [-0.05, 0) is 30.4 Å². The summed E-state index contributed by atoms with van der Waals surface area (Å²) < 4.78 is 0. The standard InChI is InChI=1S/C14H13NOS2/c1-4-10-9(3)18-14(11(10)5-2)15-13(16)12-7-6-8-17-12/h2,6-8H,4H2,1,3H3,(H,15,16). The second-order valence-corrected chi connectivity index (χ2v) is 5.94. The van der Waals surface area contributed by atoms with Gasteiger partial charge in [0.25, 0.3) is 5.91 Å². The van der Waals surface area contributed by atoms with E-state index in [0.717, 1.165) is 22.5 Å². The van der Waals surface area contributed by atoms with Crippen molar-refractivity contribution in [3.8, 4) is 12.3 Å². The molecule has 0 aromatic carbocycles. The van der Waals surface area contributed by atoms with Crippen molar-refractivity contribution in [2.75, 3.05) is 5.32 Å². The Hall–Kier alpha value is -1.57. The molecule has 0 fully saturated rings. The molecule has 0 saturated heterocycles. The van der Waals surface area contributed by atoms with Crippen molar-refractivity contribution in [3.05, 3.63) is 38.4 Å². The molecule has 1 N–H and O–H groups in total. The van der Waals surface area contributed by atoms with Gasteiger partial charge in [-0.3, -0.25) is 4.79 Å². The normalized spacial score (nSPS) is 10.1. The molecule has 1 amide bonds. The van der Waals surface area contributed by atoms with Crippen molar-refractivity contribution in [2.24, 2.45) is 0 Å². The quantitative estimate of drug-likeness (QED) is 0.845. The lowest BCUT2D eigenvalue weighted by molar-refractivity contribution is 0.103. The van der Waals surface area contributed by atoms with E-state index >= 15 is 0 Å². The monoisotopic (exact) mass is 275 g/mol. The summed E-state index contributed by atoms with van der Waals surface area (Å²) in [6, 6.07) is 3.66. The van der Waals surface area contributed by atoms with Crippen LogP contribution in [0.2, 0.25) is 0 Å². The van der Waals surface area contributed by atoms with Crippen molar-refractivity contribution in [3.63, 3.8) is 0 Å². The number of hydrogen-bond donors (Lipinski definition) is 1. The molecule has 2 aromatic heterocycles. The van der Waals surface area contributed by atoms with Crippen molar-refractivity contribution in [1.29, 1.82) is 0 Å². The van der Waals surface area contributed by atoms with Crippen molar-refractivity contribution < 1.29 is 4.79 Å². The summed E-state index contributed by atoms with van der Waals surface area (Å²) in [4.78, 5) is 13.9. The molecule has 0 aliphatic rings. The van der Waals surface area contributed by atoms with Crippen molar-refractivity contribution in [1.82, 2.24) is 0 Å². The van der Waals surface area contributed by atoms with Gasteiger partial charge in [0.15, 0.2) is 0 Å². The first-order valence-corrected chi connectivity index (χ1v) is 7.30. The molecule has 18 heavy (non-hydrogen) atoms. The molecule has 0 aliphatic carbocycles. The maximum absolute atomic E-state index is 12.0. The molecule has 0 unspecified atom stereocenters. The van der Waals surface area contributed by atoms with Gasteiger partial charge >= 0.3 is 0 Å². The van der Waals surface area contributed by atoms with E-state index in [-0.39, 0.29) is 5.91 Å². The smallest absolute Gasteiger partial charge is 0.266 e. The maximum Gasteiger partial charge on any atom is 0.266 e. The molecule has 0 atom stereocenters. The summed E-state index contributed by atoms with van der Waals surface area (Å²) >= 11 is 2.97. The lowest BCUT2D eigenvalue weighted by Crippen LogP contribution is -2.09. The minimum Gasteiger partial charge on any atom is -0.312 e. The largest absolute Gasteiger partial charge is 0.312 e. The summed E-state index contributed by atoms with van der Waals surface area (Å²) in [7, 11) is 0. The van der Waals surface area contributed by atoms with Crippen LogP contribution in [-0.2, 0) is 6.42 Å².